The second-order valence-corrected chi connectivity index (χ2v) is 5.29. The van der Waals surface area contributed by atoms with Crippen LogP contribution in [0.3, 0.4) is 0 Å². The molecular weight excluding hydrogens is 271 g/mol. The van der Waals surface area contributed by atoms with Crippen molar-refractivity contribution < 1.29 is 4.79 Å². The number of rotatable bonds is 4. The smallest absolute Gasteiger partial charge is 0.224 e. The van der Waals surface area contributed by atoms with Gasteiger partial charge in [-0.3, -0.25) is 4.79 Å². The molecule has 1 heterocycles. The SMILES string of the molecule is O=C(Cc1c(Cl)cccc1Cl)NCC1CCCN1. The van der Waals surface area contributed by atoms with E-state index in [4.69, 9.17) is 23.2 Å². The first-order valence-corrected chi connectivity index (χ1v) is 6.85. The van der Waals surface area contributed by atoms with Crippen LogP contribution in [0.1, 0.15) is 18.4 Å². The van der Waals surface area contributed by atoms with E-state index in [2.05, 4.69) is 10.6 Å². The van der Waals surface area contributed by atoms with Gasteiger partial charge in [0.2, 0.25) is 5.91 Å². The summed E-state index contributed by atoms with van der Waals surface area (Å²) in [5.74, 6) is -0.0429. The lowest BCUT2D eigenvalue weighted by molar-refractivity contribution is -0.120. The van der Waals surface area contributed by atoms with E-state index in [1.54, 1.807) is 18.2 Å². The van der Waals surface area contributed by atoms with Crippen LogP contribution in [0.25, 0.3) is 0 Å². The molecule has 2 N–H and O–H groups in total. The third-order valence-corrected chi connectivity index (χ3v) is 3.82. The van der Waals surface area contributed by atoms with Crippen molar-refractivity contribution in [2.45, 2.75) is 25.3 Å². The number of hydrogen-bond acceptors (Lipinski definition) is 2. The minimum absolute atomic E-state index is 0.0429. The quantitative estimate of drug-likeness (QED) is 0.893. The fourth-order valence-corrected chi connectivity index (χ4v) is 2.62. The summed E-state index contributed by atoms with van der Waals surface area (Å²) in [5.41, 5.74) is 0.692. The van der Waals surface area contributed by atoms with Gasteiger partial charge >= 0.3 is 0 Å². The Morgan fingerprint density at radius 1 is 1.39 bits per heavy atom. The van der Waals surface area contributed by atoms with Crippen molar-refractivity contribution in [2.24, 2.45) is 0 Å². The van der Waals surface area contributed by atoms with Gasteiger partial charge in [-0.15, -0.1) is 0 Å². The predicted molar refractivity (Wildman–Crippen MR) is 74.2 cm³/mol. The summed E-state index contributed by atoms with van der Waals surface area (Å²) in [6.45, 7) is 1.71. The highest BCUT2D eigenvalue weighted by Gasteiger charge is 2.16. The average Bonchev–Trinajstić information content (AvgIpc) is 2.84. The fourth-order valence-electron chi connectivity index (χ4n) is 2.09. The second kappa shape index (κ2) is 6.41. The van der Waals surface area contributed by atoms with Crippen LogP contribution in [0.5, 0.6) is 0 Å². The molecule has 0 spiro atoms. The molecule has 1 aromatic carbocycles. The van der Waals surface area contributed by atoms with Crippen molar-refractivity contribution in [1.29, 1.82) is 0 Å². The molecule has 1 atom stereocenters. The maximum atomic E-state index is 11.8. The molecule has 0 aliphatic carbocycles. The molecule has 0 bridgehead atoms. The molecule has 0 saturated carbocycles. The van der Waals surface area contributed by atoms with Gasteiger partial charge in [-0.2, -0.15) is 0 Å². The van der Waals surface area contributed by atoms with Crippen LogP contribution in [0.4, 0.5) is 0 Å². The standard InChI is InChI=1S/C13H16Cl2N2O/c14-11-4-1-5-12(15)10(11)7-13(18)17-8-9-3-2-6-16-9/h1,4-5,9,16H,2-3,6-8H2,(H,17,18). The summed E-state index contributed by atoms with van der Waals surface area (Å²) in [4.78, 5) is 11.8. The van der Waals surface area contributed by atoms with Crippen LogP contribution >= 0.6 is 23.2 Å². The molecule has 1 saturated heterocycles. The van der Waals surface area contributed by atoms with Crippen LogP contribution in [-0.2, 0) is 11.2 Å². The summed E-state index contributed by atoms with van der Waals surface area (Å²) < 4.78 is 0. The number of benzene rings is 1. The van der Waals surface area contributed by atoms with Crippen LogP contribution in [0.15, 0.2) is 18.2 Å². The molecule has 98 valence electrons. The maximum absolute atomic E-state index is 11.8. The van der Waals surface area contributed by atoms with Crippen molar-refractivity contribution in [1.82, 2.24) is 10.6 Å². The zero-order valence-corrected chi connectivity index (χ0v) is 11.5. The Balaban J connectivity index is 1.86. The van der Waals surface area contributed by atoms with Crippen molar-refractivity contribution in [3.05, 3.63) is 33.8 Å². The third kappa shape index (κ3) is 3.61. The van der Waals surface area contributed by atoms with Crippen molar-refractivity contribution in [3.63, 3.8) is 0 Å². The summed E-state index contributed by atoms with van der Waals surface area (Å²) >= 11 is 12.0. The summed E-state index contributed by atoms with van der Waals surface area (Å²) in [6, 6.07) is 5.66. The molecule has 3 nitrogen and oxygen atoms in total. The number of hydrogen-bond donors (Lipinski definition) is 2. The Hall–Kier alpha value is -0.770. The van der Waals surface area contributed by atoms with E-state index in [1.165, 1.54) is 6.42 Å². The zero-order valence-electron chi connectivity index (χ0n) is 10.0. The zero-order chi connectivity index (χ0) is 13.0. The molecule has 1 aliphatic rings. The van der Waals surface area contributed by atoms with Gasteiger partial charge in [-0.1, -0.05) is 29.3 Å². The fraction of sp³-hybridized carbons (Fsp3) is 0.462. The van der Waals surface area contributed by atoms with Crippen molar-refractivity contribution >= 4 is 29.1 Å². The Bertz CT molecular complexity index is 411. The minimum atomic E-state index is -0.0429. The Labute approximate surface area is 117 Å². The molecule has 1 amide bonds. The predicted octanol–water partition coefficient (Wildman–Crippen LogP) is 2.40. The summed E-state index contributed by atoms with van der Waals surface area (Å²) in [5, 5.41) is 7.32. The van der Waals surface area contributed by atoms with Crippen LogP contribution in [-0.4, -0.2) is 25.0 Å². The van der Waals surface area contributed by atoms with Gasteiger partial charge in [-0.05, 0) is 37.1 Å². The van der Waals surface area contributed by atoms with Gasteiger partial charge in [0.15, 0.2) is 0 Å². The van der Waals surface area contributed by atoms with E-state index in [1.807, 2.05) is 0 Å². The molecule has 0 aromatic heterocycles. The van der Waals surface area contributed by atoms with Gasteiger partial charge in [0.05, 0.1) is 6.42 Å². The lowest BCUT2D eigenvalue weighted by Gasteiger charge is -2.12. The summed E-state index contributed by atoms with van der Waals surface area (Å²) in [7, 11) is 0. The first kappa shape index (κ1) is 13.7. The lowest BCUT2D eigenvalue weighted by atomic mass is 10.1. The molecule has 1 aliphatic heterocycles. The van der Waals surface area contributed by atoms with Crippen LogP contribution in [0, 0.1) is 0 Å². The van der Waals surface area contributed by atoms with Gasteiger partial charge in [0, 0.05) is 22.6 Å². The molecule has 2 rings (SSSR count). The lowest BCUT2D eigenvalue weighted by Crippen LogP contribution is -2.37. The maximum Gasteiger partial charge on any atom is 0.224 e. The highest BCUT2D eigenvalue weighted by Crippen LogP contribution is 2.24. The number of halogens is 2. The third-order valence-electron chi connectivity index (χ3n) is 3.11. The molecule has 1 unspecified atom stereocenters. The first-order valence-electron chi connectivity index (χ1n) is 6.10. The van der Waals surface area contributed by atoms with Gasteiger partial charge in [0.1, 0.15) is 0 Å². The highest BCUT2D eigenvalue weighted by atomic mass is 35.5. The Kier molecular flexibility index (Phi) is 4.87. The normalized spacial score (nSPS) is 18.9. The molecule has 1 fully saturated rings. The first-order chi connectivity index (χ1) is 8.66. The van der Waals surface area contributed by atoms with E-state index in [0.717, 1.165) is 13.0 Å². The Morgan fingerprint density at radius 3 is 2.72 bits per heavy atom. The Morgan fingerprint density at radius 2 is 2.11 bits per heavy atom. The van der Waals surface area contributed by atoms with E-state index >= 15 is 0 Å². The molecule has 5 heteroatoms. The monoisotopic (exact) mass is 286 g/mol. The van der Waals surface area contributed by atoms with Gasteiger partial charge in [-0.25, -0.2) is 0 Å². The van der Waals surface area contributed by atoms with Crippen molar-refractivity contribution in [2.75, 3.05) is 13.1 Å². The summed E-state index contributed by atoms with van der Waals surface area (Å²) in [6.07, 6.45) is 2.52. The van der Waals surface area contributed by atoms with Gasteiger partial charge in [0.25, 0.3) is 0 Å². The second-order valence-electron chi connectivity index (χ2n) is 4.47. The number of amides is 1. The molecular formula is C13H16Cl2N2O. The number of nitrogens with one attached hydrogen (secondary N) is 2. The minimum Gasteiger partial charge on any atom is -0.354 e. The highest BCUT2D eigenvalue weighted by molar-refractivity contribution is 6.36. The van der Waals surface area contributed by atoms with E-state index in [9.17, 15) is 4.79 Å². The average molecular weight is 287 g/mol. The van der Waals surface area contributed by atoms with Crippen molar-refractivity contribution in [3.8, 4) is 0 Å². The van der Waals surface area contributed by atoms with E-state index in [-0.39, 0.29) is 12.3 Å². The van der Waals surface area contributed by atoms with Crippen LogP contribution in [0.2, 0.25) is 10.0 Å². The molecule has 0 radical (unpaired) electrons. The van der Waals surface area contributed by atoms with E-state index in [0.29, 0.717) is 28.2 Å². The van der Waals surface area contributed by atoms with Gasteiger partial charge < -0.3 is 10.6 Å². The molecule has 18 heavy (non-hydrogen) atoms. The van der Waals surface area contributed by atoms with E-state index < -0.39 is 0 Å². The van der Waals surface area contributed by atoms with Crippen LogP contribution < -0.4 is 10.6 Å². The number of carbonyl (C=O) groups is 1. The topological polar surface area (TPSA) is 41.1 Å². The molecule has 1 aromatic rings. The number of carbonyl (C=O) groups excluding carboxylic acids is 1. The largest absolute Gasteiger partial charge is 0.354 e.